The van der Waals surface area contributed by atoms with Crippen LogP contribution in [0, 0.1) is 6.92 Å². The van der Waals surface area contributed by atoms with Gasteiger partial charge in [0.05, 0.1) is 10.6 Å². The highest BCUT2D eigenvalue weighted by Crippen LogP contribution is 2.26. The van der Waals surface area contributed by atoms with Gasteiger partial charge in [0.2, 0.25) is 5.89 Å². The van der Waals surface area contributed by atoms with Crippen molar-refractivity contribution in [3.05, 3.63) is 64.9 Å². The summed E-state index contributed by atoms with van der Waals surface area (Å²) in [5.74, 6) is 1.59. The molecule has 2 heterocycles. The Hall–Kier alpha value is -1.66. The molecule has 0 aliphatic rings. The first-order chi connectivity index (χ1) is 11.3. The van der Waals surface area contributed by atoms with Crippen LogP contribution in [-0.4, -0.2) is 23.0 Å². The van der Waals surface area contributed by atoms with E-state index in [4.69, 9.17) is 10.2 Å². The first-order valence-electron chi connectivity index (χ1n) is 7.73. The van der Waals surface area contributed by atoms with Crippen LogP contribution in [-0.2, 0) is 13.1 Å². The van der Waals surface area contributed by atoms with Crippen molar-refractivity contribution in [2.75, 3.05) is 13.1 Å². The zero-order chi connectivity index (χ0) is 16.1. The van der Waals surface area contributed by atoms with E-state index >= 15 is 0 Å². The van der Waals surface area contributed by atoms with Crippen molar-refractivity contribution in [1.29, 1.82) is 0 Å². The van der Waals surface area contributed by atoms with Crippen LogP contribution in [0.1, 0.15) is 17.0 Å². The molecule has 0 saturated carbocycles. The number of nitrogens with two attached hydrogens (primary N) is 1. The lowest BCUT2D eigenvalue weighted by atomic mass is 10.2. The predicted molar refractivity (Wildman–Crippen MR) is 101 cm³/mol. The second kappa shape index (κ2) is 8.99. The van der Waals surface area contributed by atoms with Gasteiger partial charge in [0.15, 0.2) is 0 Å². The molecule has 0 unspecified atom stereocenters. The molecular weight excluding hydrogens is 342 g/mol. The van der Waals surface area contributed by atoms with Crippen LogP contribution in [0.2, 0.25) is 0 Å². The topological polar surface area (TPSA) is 55.3 Å². The van der Waals surface area contributed by atoms with Crippen molar-refractivity contribution in [2.24, 2.45) is 5.73 Å². The third-order valence-electron chi connectivity index (χ3n) is 3.69. The van der Waals surface area contributed by atoms with Crippen LogP contribution in [0.25, 0.3) is 10.8 Å². The van der Waals surface area contributed by atoms with Crippen LogP contribution >= 0.6 is 23.7 Å². The number of aryl methyl sites for hydroxylation is 1. The predicted octanol–water partition coefficient (Wildman–Crippen LogP) is 4.09. The second-order valence-electron chi connectivity index (χ2n) is 5.48. The molecule has 0 spiro atoms. The van der Waals surface area contributed by atoms with Crippen LogP contribution < -0.4 is 5.73 Å². The monoisotopic (exact) mass is 363 g/mol. The standard InChI is InChI=1S/C18H21N3OS.ClH/c1-14-16(20-18(22-14)17-8-5-11-23-17)13-21(10-9-19)12-15-6-3-2-4-7-15;/h2-8,11H,9-10,12-13,19H2,1H3;1H. The molecule has 0 amide bonds. The lowest BCUT2D eigenvalue weighted by Crippen LogP contribution is -2.29. The van der Waals surface area contributed by atoms with Crippen LogP contribution in [0.5, 0.6) is 0 Å². The number of aromatic nitrogens is 1. The number of rotatable bonds is 7. The number of benzene rings is 1. The lowest BCUT2D eigenvalue weighted by molar-refractivity contribution is 0.260. The van der Waals surface area contributed by atoms with Crippen molar-refractivity contribution in [2.45, 2.75) is 20.0 Å². The van der Waals surface area contributed by atoms with E-state index in [-0.39, 0.29) is 12.4 Å². The number of oxazole rings is 1. The molecule has 3 rings (SSSR count). The van der Waals surface area contributed by atoms with Gasteiger partial charge in [0.1, 0.15) is 5.76 Å². The summed E-state index contributed by atoms with van der Waals surface area (Å²) in [7, 11) is 0. The van der Waals surface area contributed by atoms with Crippen LogP contribution in [0.3, 0.4) is 0 Å². The van der Waals surface area contributed by atoms with Gasteiger partial charge in [-0.25, -0.2) is 4.98 Å². The first kappa shape index (κ1) is 18.7. The fraction of sp³-hybridized carbons (Fsp3) is 0.278. The smallest absolute Gasteiger partial charge is 0.236 e. The normalized spacial score (nSPS) is 10.8. The summed E-state index contributed by atoms with van der Waals surface area (Å²) >= 11 is 1.64. The van der Waals surface area contributed by atoms with Gasteiger partial charge >= 0.3 is 0 Å². The SMILES string of the molecule is Cc1oc(-c2cccs2)nc1CN(CCN)Cc1ccccc1.Cl. The van der Waals surface area contributed by atoms with Crippen LogP contribution in [0.4, 0.5) is 0 Å². The molecule has 1 aromatic carbocycles. The summed E-state index contributed by atoms with van der Waals surface area (Å²) in [5.41, 5.74) is 8.04. The van der Waals surface area contributed by atoms with E-state index in [9.17, 15) is 0 Å². The number of thiophene rings is 1. The number of halogens is 1. The highest BCUT2D eigenvalue weighted by molar-refractivity contribution is 7.13. The third kappa shape index (κ3) is 4.68. The summed E-state index contributed by atoms with van der Waals surface area (Å²) in [5, 5.41) is 2.03. The van der Waals surface area contributed by atoms with E-state index < -0.39 is 0 Å². The van der Waals surface area contributed by atoms with Gasteiger partial charge in [0, 0.05) is 26.2 Å². The molecule has 0 fully saturated rings. The van der Waals surface area contributed by atoms with Gasteiger partial charge in [-0.3, -0.25) is 4.90 Å². The van der Waals surface area contributed by atoms with E-state index in [0.717, 1.165) is 36.0 Å². The molecule has 0 radical (unpaired) electrons. The maximum Gasteiger partial charge on any atom is 0.236 e. The van der Waals surface area contributed by atoms with Gasteiger partial charge in [-0.05, 0) is 23.9 Å². The summed E-state index contributed by atoms with van der Waals surface area (Å²) in [4.78, 5) is 8.04. The molecule has 2 aromatic heterocycles. The Labute approximate surface area is 152 Å². The largest absolute Gasteiger partial charge is 0.440 e. The molecule has 128 valence electrons. The zero-order valence-electron chi connectivity index (χ0n) is 13.6. The molecule has 0 aliphatic heterocycles. The molecule has 0 saturated heterocycles. The molecule has 24 heavy (non-hydrogen) atoms. The van der Waals surface area contributed by atoms with Gasteiger partial charge < -0.3 is 10.2 Å². The number of hydrogen-bond acceptors (Lipinski definition) is 5. The molecular formula is C18H22ClN3OS. The highest BCUT2D eigenvalue weighted by atomic mass is 35.5. The van der Waals surface area contributed by atoms with Crippen molar-refractivity contribution in [3.63, 3.8) is 0 Å². The quantitative estimate of drug-likeness (QED) is 0.686. The van der Waals surface area contributed by atoms with Gasteiger partial charge in [-0.2, -0.15) is 0 Å². The Balaban J connectivity index is 0.00000208. The summed E-state index contributed by atoms with van der Waals surface area (Å²) in [6.07, 6.45) is 0. The van der Waals surface area contributed by atoms with Crippen molar-refractivity contribution in [3.8, 4) is 10.8 Å². The molecule has 0 aliphatic carbocycles. The minimum atomic E-state index is 0. The van der Waals surface area contributed by atoms with Gasteiger partial charge in [-0.15, -0.1) is 23.7 Å². The van der Waals surface area contributed by atoms with Gasteiger partial charge in [0.25, 0.3) is 0 Å². The lowest BCUT2D eigenvalue weighted by Gasteiger charge is -2.20. The summed E-state index contributed by atoms with van der Waals surface area (Å²) in [6.45, 7) is 5.03. The van der Waals surface area contributed by atoms with Crippen LogP contribution in [0.15, 0.2) is 52.3 Å². The molecule has 0 bridgehead atoms. The average molecular weight is 364 g/mol. The van der Waals surface area contributed by atoms with E-state index in [0.29, 0.717) is 12.4 Å². The Bertz CT molecular complexity index is 728. The Kier molecular flexibility index (Phi) is 6.99. The fourth-order valence-electron chi connectivity index (χ4n) is 2.53. The van der Waals surface area contributed by atoms with E-state index in [1.54, 1.807) is 11.3 Å². The Morgan fingerprint density at radius 2 is 1.92 bits per heavy atom. The number of nitrogens with zero attached hydrogens (tertiary/aromatic N) is 2. The molecule has 2 N–H and O–H groups in total. The maximum absolute atomic E-state index is 5.83. The molecule has 0 atom stereocenters. The first-order valence-corrected chi connectivity index (χ1v) is 8.61. The third-order valence-corrected chi connectivity index (χ3v) is 4.55. The zero-order valence-corrected chi connectivity index (χ0v) is 15.3. The molecule has 3 aromatic rings. The molecule has 4 nitrogen and oxygen atoms in total. The highest BCUT2D eigenvalue weighted by Gasteiger charge is 2.15. The van der Waals surface area contributed by atoms with Crippen molar-refractivity contribution >= 4 is 23.7 Å². The van der Waals surface area contributed by atoms with E-state index in [1.807, 2.05) is 30.5 Å². The van der Waals surface area contributed by atoms with E-state index in [1.165, 1.54) is 5.56 Å². The fourth-order valence-corrected chi connectivity index (χ4v) is 3.18. The molecule has 6 heteroatoms. The van der Waals surface area contributed by atoms with Crippen molar-refractivity contribution < 1.29 is 4.42 Å². The van der Waals surface area contributed by atoms with Gasteiger partial charge in [-0.1, -0.05) is 36.4 Å². The summed E-state index contributed by atoms with van der Waals surface area (Å²) in [6, 6.07) is 14.5. The Morgan fingerprint density at radius 1 is 1.12 bits per heavy atom. The minimum Gasteiger partial charge on any atom is -0.440 e. The maximum atomic E-state index is 5.83. The van der Waals surface area contributed by atoms with E-state index in [2.05, 4.69) is 34.1 Å². The van der Waals surface area contributed by atoms with Crippen molar-refractivity contribution in [1.82, 2.24) is 9.88 Å². The Morgan fingerprint density at radius 3 is 2.58 bits per heavy atom. The second-order valence-corrected chi connectivity index (χ2v) is 6.43. The average Bonchev–Trinajstić information content (AvgIpc) is 3.19. The minimum absolute atomic E-state index is 0. The number of hydrogen-bond donors (Lipinski definition) is 1. The summed E-state index contributed by atoms with van der Waals surface area (Å²) < 4.78 is 5.83.